The molecule has 3 heterocycles. The van der Waals surface area contributed by atoms with Crippen LogP contribution in [0.2, 0.25) is 0 Å². The van der Waals surface area contributed by atoms with Gasteiger partial charge >= 0.3 is 0 Å². The van der Waals surface area contributed by atoms with Gasteiger partial charge in [0.15, 0.2) is 18.2 Å². The van der Waals surface area contributed by atoms with Gasteiger partial charge < -0.3 is 69.3 Å². The molecule has 0 aliphatic carbocycles. The predicted molar refractivity (Wildman–Crippen MR) is 139 cm³/mol. The quantitative estimate of drug-likeness (QED) is 0.159. The summed E-state index contributed by atoms with van der Waals surface area (Å²) in [6, 6.07) is 7.54. The Labute approximate surface area is 236 Å². The summed E-state index contributed by atoms with van der Waals surface area (Å²) < 4.78 is 28.2. The van der Waals surface area contributed by atoms with Crippen molar-refractivity contribution in [2.75, 3.05) is 6.61 Å². The van der Waals surface area contributed by atoms with E-state index < -0.39 is 84.9 Å². The summed E-state index contributed by atoms with van der Waals surface area (Å²) in [7, 11) is 0. The number of fused-ring (bicyclic) bond motifs is 1. The van der Waals surface area contributed by atoms with Crippen LogP contribution in [0.5, 0.6) is 23.0 Å². The molecule has 5 rings (SSSR count). The Balaban J connectivity index is 1.50. The van der Waals surface area contributed by atoms with E-state index in [1.54, 1.807) is 0 Å². The molecular weight excluding hydrogens is 564 g/mol. The molecule has 3 aromatic rings. The maximum atomic E-state index is 12.9. The lowest BCUT2D eigenvalue weighted by atomic mass is 9.97. The first-order valence-electron chi connectivity index (χ1n) is 12.9. The van der Waals surface area contributed by atoms with E-state index in [-0.39, 0.29) is 33.8 Å². The fourth-order valence-electron chi connectivity index (χ4n) is 4.85. The number of benzene rings is 2. The summed E-state index contributed by atoms with van der Waals surface area (Å²) in [4.78, 5) is 12.9. The summed E-state index contributed by atoms with van der Waals surface area (Å²) >= 11 is 0. The van der Waals surface area contributed by atoms with Crippen LogP contribution in [-0.4, -0.2) is 114 Å². The molecule has 2 fully saturated rings. The van der Waals surface area contributed by atoms with Gasteiger partial charge in [0.25, 0.3) is 0 Å². The van der Waals surface area contributed by atoms with Crippen LogP contribution >= 0.6 is 0 Å². The third-order valence-electron chi connectivity index (χ3n) is 7.23. The third-order valence-corrected chi connectivity index (χ3v) is 7.23. The molecule has 2 saturated heterocycles. The highest BCUT2D eigenvalue weighted by molar-refractivity contribution is 5.88. The first-order chi connectivity index (χ1) is 19.9. The molecule has 2 aliphatic rings. The first kappa shape index (κ1) is 30.0. The van der Waals surface area contributed by atoms with Crippen LogP contribution in [0.3, 0.4) is 0 Å². The minimum absolute atomic E-state index is 0.0706. The van der Waals surface area contributed by atoms with Crippen LogP contribution in [0.4, 0.5) is 0 Å². The molecule has 228 valence electrons. The number of hydrogen-bond donors (Lipinski definition) is 9. The highest BCUT2D eigenvalue weighted by Crippen LogP contribution is 2.37. The number of hydrogen-bond acceptors (Lipinski definition) is 15. The smallest absolute Gasteiger partial charge is 0.238 e. The Kier molecular flexibility index (Phi) is 8.30. The van der Waals surface area contributed by atoms with Gasteiger partial charge in [-0.3, -0.25) is 4.79 Å². The average Bonchev–Trinajstić information content (AvgIpc) is 2.96. The van der Waals surface area contributed by atoms with Gasteiger partial charge in [0.2, 0.25) is 17.5 Å². The molecule has 10 atom stereocenters. The van der Waals surface area contributed by atoms with Crippen molar-refractivity contribution >= 4 is 11.0 Å². The van der Waals surface area contributed by atoms with Crippen molar-refractivity contribution < 1.29 is 69.3 Å². The maximum absolute atomic E-state index is 12.9. The van der Waals surface area contributed by atoms with E-state index in [2.05, 4.69) is 0 Å². The fourth-order valence-corrected chi connectivity index (χ4v) is 4.85. The molecule has 4 unspecified atom stereocenters. The number of aromatic hydroxyl groups is 3. The maximum Gasteiger partial charge on any atom is 0.238 e. The predicted octanol–water partition coefficient (Wildman–Crippen LogP) is -1.39. The summed E-state index contributed by atoms with van der Waals surface area (Å²) in [5.74, 6) is -2.00. The van der Waals surface area contributed by atoms with Crippen molar-refractivity contribution in [2.24, 2.45) is 0 Å². The third kappa shape index (κ3) is 5.37. The van der Waals surface area contributed by atoms with Crippen LogP contribution in [0.1, 0.15) is 6.92 Å². The van der Waals surface area contributed by atoms with E-state index in [0.29, 0.717) is 0 Å². The van der Waals surface area contributed by atoms with E-state index in [4.69, 9.17) is 23.4 Å². The van der Waals surface area contributed by atoms with Crippen molar-refractivity contribution in [1.29, 1.82) is 0 Å². The summed E-state index contributed by atoms with van der Waals surface area (Å²) in [6.45, 7) is 0.660. The van der Waals surface area contributed by atoms with Crippen molar-refractivity contribution in [3.05, 3.63) is 46.6 Å². The van der Waals surface area contributed by atoms with Crippen LogP contribution in [0.15, 0.2) is 45.6 Å². The Morgan fingerprint density at radius 1 is 0.833 bits per heavy atom. The minimum Gasteiger partial charge on any atom is -0.508 e. The molecule has 0 radical (unpaired) electrons. The molecule has 0 saturated carbocycles. The van der Waals surface area contributed by atoms with Crippen LogP contribution in [0.25, 0.3) is 22.3 Å². The van der Waals surface area contributed by atoms with Gasteiger partial charge in [0.1, 0.15) is 64.8 Å². The lowest BCUT2D eigenvalue weighted by Gasteiger charge is -2.45. The lowest BCUT2D eigenvalue weighted by Crippen LogP contribution is -2.64. The minimum atomic E-state index is -1.79. The van der Waals surface area contributed by atoms with Crippen LogP contribution in [-0.2, 0) is 14.2 Å². The van der Waals surface area contributed by atoms with Crippen molar-refractivity contribution in [3.8, 4) is 34.3 Å². The zero-order chi connectivity index (χ0) is 30.5. The molecule has 2 aromatic carbocycles. The molecular formula is C27H30O15. The SMILES string of the molecule is CC1O[C@@H](OC2[C@H](Oc3cc(O)c4c(=O)c(O)c(-c5ccc(O)cc5)oc4c3)OC(CO)[C@@H](O)[C@H]2O)C(O)[C@@H](O)[C@H]1O. The fraction of sp³-hybridized carbons (Fsp3) is 0.444. The number of ether oxygens (including phenoxy) is 4. The van der Waals surface area contributed by atoms with Gasteiger partial charge in [-0.15, -0.1) is 0 Å². The van der Waals surface area contributed by atoms with Gasteiger partial charge in [0.05, 0.1) is 12.7 Å². The number of rotatable bonds is 6. The summed E-state index contributed by atoms with van der Waals surface area (Å²) in [5, 5.41) is 91.7. The van der Waals surface area contributed by atoms with E-state index in [1.165, 1.54) is 37.3 Å². The number of aliphatic hydroxyl groups excluding tert-OH is 6. The largest absolute Gasteiger partial charge is 0.508 e. The van der Waals surface area contributed by atoms with Gasteiger partial charge in [-0.25, -0.2) is 0 Å². The molecule has 0 bridgehead atoms. The molecule has 0 amide bonds. The monoisotopic (exact) mass is 594 g/mol. The zero-order valence-corrected chi connectivity index (χ0v) is 21.9. The topological polar surface area (TPSA) is 249 Å². The van der Waals surface area contributed by atoms with Crippen LogP contribution < -0.4 is 10.2 Å². The molecule has 42 heavy (non-hydrogen) atoms. The van der Waals surface area contributed by atoms with E-state index in [0.717, 1.165) is 6.07 Å². The van der Waals surface area contributed by atoms with Gasteiger partial charge in [-0.2, -0.15) is 0 Å². The van der Waals surface area contributed by atoms with Gasteiger partial charge in [0, 0.05) is 17.7 Å². The van der Waals surface area contributed by atoms with Gasteiger partial charge in [-0.1, -0.05) is 0 Å². The molecule has 15 nitrogen and oxygen atoms in total. The normalized spacial score (nSPS) is 33.5. The molecule has 1 aromatic heterocycles. The second kappa shape index (κ2) is 11.6. The number of aliphatic hydroxyl groups is 6. The zero-order valence-electron chi connectivity index (χ0n) is 21.9. The summed E-state index contributed by atoms with van der Waals surface area (Å²) in [6.07, 6.45) is -15.6. The number of phenols is 2. The Bertz CT molecular complexity index is 1470. The van der Waals surface area contributed by atoms with E-state index >= 15 is 0 Å². The Morgan fingerprint density at radius 2 is 1.52 bits per heavy atom. The summed E-state index contributed by atoms with van der Waals surface area (Å²) in [5.41, 5.74) is -0.967. The lowest BCUT2D eigenvalue weighted by molar-refractivity contribution is -0.354. The van der Waals surface area contributed by atoms with E-state index in [9.17, 15) is 50.8 Å². The van der Waals surface area contributed by atoms with Crippen molar-refractivity contribution in [2.45, 2.75) is 68.3 Å². The molecule has 9 N–H and O–H groups in total. The standard InChI is InChI=1S/C27H30O15/c1-9-17(31)20(34)23(37)26(38-9)42-25-21(35)18(32)15(8-28)41-27(25)39-12-6-13(30)16-14(7-12)40-24(22(36)19(16)33)10-2-4-11(29)5-3-10/h2-7,9,15,17-18,20-21,23,25-32,34-37H,8H2,1H3/t9?,15?,17-,18+,20-,21+,23?,25?,26-,27+/m0/s1. The highest BCUT2D eigenvalue weighted by Gasteiger charge is 2.51. The molecule has 0 spiro atoms. The van der Waals surface area contributed by atoms with E-state index in [1.807, 2.05) is 0 Å². The Morgan fingerprint density at radius 3 is 2.19 bits per heavy atom. The van der Waals surface area contributed by atoms with Crippen molar-refractivity contribution in [1.82, 2.24) is 0 Å². The van der Waals surface area contributed by atoms with Crippen LogP contribution in [0, 0.1) is 0 Å². The number of phenolic OH excluding ortho intramolecular Hbond substituents is 2. The second-order valence-electron chi connectivity index (χ2n) is 10.1. The van der Waals surface area contributed by atoms with Gasteiger partial charge in [-0.05, 0) is 31.2 Å². The molecule has 15 heteroatoms. The van der Waals surface area contributed by atoms with Crippen molar-refractivity contribution in [3.63, 3.8) is 0 Å². The molecule has 2 aliphatic heterocycles. The average molecular weight is 595 g/mol. The first-order valence-corrected chi connectivity index (χ1v) is 12.9. The Hall–Kier alpha value is -3.51. The highest BCUT2D eigenvalue weighted by atomic mass is 16.8. The second-order valence-corrected chi connectivity index (χ2v) is 10.1.